The summed E-state index contributed by atoms with van der Waals surface area (Å²) in [6.45, 7) is 1.96. The summed E-state index contributed by atoms with van der Waals surface area (Å²) < 4.78 is 1.95. The van der Waals surface area contributed by atoms with Crippen LogP contribution in [-0.2, 0) is 19.9 Å². The number of nitrogens with zero attached hydrogens (tertiary/aromatic N) is 5. The minimum absolute atomic E-state index is 0.805. The van der Waals surface area contributed by atoms with Gasteiger partial charge in [-0.2, -0.15) is 0 Å². The molecule has 23 heavy (non-hydrogen) atoms. The van der Waals surface area contributed by atoms with Crippen LogP contribution in [0.5, 0.6) is 0 Å². The van der Waals surface area contributed by atoms with E-state index in [0.29, 0.717) is 0 Å². The van der Waals surface area contributed by atoms with Crippen molar-refractivity contribution in [2.24, 2.45) is 7.05 Å². The first-order chi connectivity index (χ1) is 11.3. The highest BCUT2D eigenvalue weighted by molar-refractivity contribution is 5.52. The van der Waals surface area contributed by atoms with Gasteiger partial charge in [0.2, 0.25) is 0 Å². The largest absolute Gasteiger partial charge is 0.354 e. The lowest BCUT2D eigenvalue weighted by molar-refractivity contribution is 0.776. The van der Waals surface area contributed by atoms with Crippen LogP contribution in [0.4, 0.5) is 5.82 Å². The summed E-state index contributed by atoms with van der Waals surface area (Å²) in [5, 5.41) is 8.79. The summed E-state index contributed by atoms with van der Waals surface area (Å²) in [6, 6.07) is 12.8. The van der Waals surface area contributed by atoms with Gasteiger partial charge in [0.05, 0.1) is 0 Å². The van der Waals surface area contributed by atoms with Crippen molar-refractivity contribution in [3.63, 3.8) is 0 Å². The summed E-state index contributed by atoms with van der Waals surface area (Å²) in [5.74, 6) is 1.78. The minimum Gasteiger partial charge on any atom is -0.354 e. The molecule has 0 atom stereocenters. The molecule has 1 aromatic carbocycles. The van der Waals surface area contributed by atoms with Crippen LogP contribution in [0.1, 0.15) is 11.1 Å². The van der Waals surface area contributed by atoms with Crippen LogP contribution in [0.25, 0.3) is 11.5 Å². The predicted octanol–water partition coefficient (Wildman–Crippen LogP) is 2.48. The van der Waals surface area contributed by atoms with Crippen LogP contribution in [-0.4, -0.2) is 32.8 Å². The Morgan fingerprint density at radius 1 is 0.913 bits per heavy atom. The summed E-state index contributed by atoms with van der Waals surface area (Å²) in [4.78, 5) is 6.63. The molecule has 4 rings (SSSR count). The maximum atomic E-state index is 4.43. The fraction of sp³-hybridized carbons (Fsp3) is 0.278. The highest BCUT2D eigenvalue weighted by atomic mass is 15.3. The van der Waals surface area contributed by atoms with Gasteiger partial charge in [-0.3, -0.25) is 0 Å². The number of benzene rings is 1. The second-order valence-electron chi connectivity index (χ2n) is 5.89. The van der Waals surface area contributed by atoms with Gasteiger partial charge in [0.1, 0.15) is 5.69 Å². The van der Waals surface area contributed by atoms with E-state index in [0.717, 1.165) is 43.3 Å². The molecule has 3 heterocycles. The molecule has 5 nitrogen and oxygen atoms in total. The zero-order valence-electron chi connectivity index (χ0n) is 13.2. The van der Waals surface area contributed by atoms with E-state index in [1.165, 1.54) is 11.1 Å². The van der Waals surface area contributed by atoms with E-state index in [9.17, 15) is 0 Å². The third-order valence-electron chi connectivity index (χ3n) is 4.45. The molecular formula is C18H19N5. The van der Waals surface area contributed by atoms with Gasteiger partial charge in [-0.15, -0.1) is 10.2 Å². The van der Waals surface area contributed by atoms with Crippen molar-refractivity contribution in [1.82, 2.24) is 19.7 Å². The molecule has 1 aliphatic rings. The lowest BCUT2D eigenvalue weighted by Crippen LogP contribution is -2.27. The second kappa shape index (κ2) is 5.83. The van der Waals surface area contributed by atoms with Crippen molar-refractivity contribution >= 4 is 5.82 Å². The Balaban J connectivity index is 1.54. The summed E-state index contributed by atoms with van der Waals surface area (Å²) in [5.41, 5.74) is 3.71. The highest BCUT2D eigenvalue weighted by Gasteiger charge is 2.15. The molecule has 0 bridgehead atoms. The third-order valence-corrected chi connectivity index (χ3v) is 4.45. The van der Waals surface area contributed by atoms with Gasteiger partial charge in [-0.1, -0.05) is 24.3 Å². The van der Waals surface area contributed by atoms with E-state index < -0.39 is 0 Å². The van der Waals surface area contributed by atoms with E-state index in [1.807, 2.05) is 29.9 Å². The molecule has 0 N–H and O–H groups in total. The Morgan fingerprint density at radius 2 is 1.65 bits per heavy atom. The first-order valence-corrected chi connectivity index (χ1v) is 7.94. The average Bonchev–Trinajstić information content (AvgIpc) is 2.90. The van der Waals surface area contributed by atoms with Gasteiger partial charge >= 0.3 is 0 Å². The van der Waals surface area contributed by atoms with Gasteiger partial charge in [-0.25, -0.2) is 4.98 Å². The van der Waals surface area contributed by atoms with E-state index in [2.05, 4.69) is 44.3 Å². The number of imidazole rings is 1. The van der Waals surface area contributed by atoms with Crippen LogP contribution < -0.4 is 4.90 Å². The Kier molecular flexibility index (Phi) is 3.54. The average molecular weight is 305 g/mol. The Bertz CT molecular complexity index is 779. The van der Waals surface area contributed by atoms with Gasteiger partial charge in [0.15, 0.2) is 11.6 Å². The maximum Gasteiger partial charge on any atom is 0.160 e. The highest BCUT2D eigenvalue weighted by Crippen LogP contribution is 2.20. The summed E-state index contributed by atoms with van der Waals surface area (Å²) in [7, 11) is 1.96. The van der Waals surface area contributed by atoms with Crippen LogP contribution in [0.2, 0.25) is 0 Å². The molecule has 1 aliphatic heterocycles. The number of aryl methyl sites for hydroxylation is 1. The van der Waals surface area contributed by atoms with Crippen LogP contribution >= 0.6 is 0 Å². The van der Waals surface area contributed by atoms with E-state index in [-0.39, 0.29) is 0 Å². The molecule has 0 aliphatic carbocycles. The van der Waals surface area contributed by atoms with Crippen molar-refractivity contribution < 1.29 is 0 Å². The monoisotopic (exact) mass is 305 g/mol. The molecule has 0 saturated carbocycles. The number of hydrogen-bond acceptors (Lipinski definition) is 4. The quantitative estimate of drug-likeness (QED) is 0.730. The molecule has 0 radical (unpaired) electrons. The third kappa shape index (κ3) is 2.70. The second-order valence-corrected chi connectivity index (χ2v) is 5.89. The van der Waals surface area contributed by atoms with Gasteiger partial charge in [-0.05, 0) is 36.1 Å². The number of rotatable bonds is 2. The number of anilines is 1. The molecule has 116 valence electrons. The number of fused-ring (bicyclic) bond motifs is 1. The van der Waals surface area contributed by atoms with Crippen LogP contribution in [0.3, 0.4) is 0 Å². The van der Waals surface area contributed by atoms with Crippen molar-refractivity contribution in [2.45, 2.75) is 12.8 Å². The predicted molar refractivity (Wildman–Crippen MR) is 90.3 cm³/mol. The molecular weight excluding hydrogens is 286 g/mol. The SMILES string of the molecule is Cn1ccnc1-c1ccc(N2CCc3ccccc3CC2)nn1. The summed E-state index contributed by atoms with van der Waals surface area (Å²) in [6.07, 6.45) is 5.80. The van der Waals surface area contributed by atoms with Crippen molar-refractivity contribution in [3.05, 3.63) is 59.9 Å². The molecule has 0 spiro atoms. The number of hydrogen-bond donors (Lipinski definition) is 0. The minimum atomic E-state index is 0.805. The zero-order valence-corrected chi connectivity index (χ0v) is 13.2. The van der Waals surface area contributed by atoms with Crippen LogP contribution in [0.15, 0.2) is 48.8 Å². The molecule has 0 amide bonds. The number of aromatic nitrogens is 4. The van der Waals surface area contributed by atoms with Crippen molar-refractivity contribution in [3.8, 4) is 11.5 Å². The Labute approximate surface area is 135 Å². The van der Waals surface area contributed by atoms with Crippen molar-refractivity contribution in [2.75, 3.05) is 18.0 Å². The molecule has 0 saturated heterocycles. The lowest BCUT2D eigenvalue weighted by atomic mass is 10.0. The lowest BCUT2D eigenvalue weighted by Gasteiger charge is -2.20. The van der Waals surface area contributed by atoms with E-state index in [4.69, 9.17) is 0 Å². The molecule has 0 unspecified atom stereocenters. The van der Waals surface area contributed by atoms with E-state index >= 15 is 0 Å². The van der Waals surface area contributed by atoms with E-state index in [1.54, 1.807) is 6.20 Å². The zero-order chi connectivity index (χ0) is 15.6. The summed E-state index contributed by atoms with van der Waals surface area (Å²) >= 11 is 0. The van der Waals surface area contributed by atoms with Crippen molar-refractivity contribution in [1.29, 1.82) is 0 Å². The van der Waals surface area contributed by atoms with Gasteiger partial charge in [0, 0.05) is 32.5 Å². The van der Waals surface area contributed by atoms with Gasteiger partial charge in [0.25, 0.3) is 0 Å². The topological polar surface area (TPSA) is 46.8 Å². The Hall–Kier alpha value is -2.69. The first-order valence-electron chi connectivity index (χ1n) is 7.94. The molecule has 2 aromatic heterocycles. The fourth-order valence-electron chi connectivity index (χ4n) is 3.12. The first kappa shape index (κ1) is 13.9. The van der Waals surface area contributed by atoms with Crippen LogP contribution in [0, 0.1) is 0 Å². The molecule has 0 fully saturated rings. The standard InChI is InChI=1S/C18H19N5/c1-22-13-10-19-18(22)16-6-7-17(21-20-16)23-11-8-14-4-2-3-5-15(14)9-12-23/h2-7,10,13H,8-9,11-12H2,1H3. The smallest absolute Gasteiger partial charge is 0.160 e. The maximum absolute atomic E-state index is 4.43. The Morgan fingerprint density at radius 3 is 2.22 bits per heavy atom. The van der Waals surface area contributed by atoms with Gasteiger partial charge < -0.3 is 9.47 Å². The fourth-order valence-corrected chi connectivity index (χ4v) is 3.12. The normalized spacial score (nSPS) is 14.4. The molecule has 3 aromatic rings. The molecule has 5 heteroatoms.